The van der Waals surface area contributed by atoms with Gasteiger partial charge in [-0.05, 0) is 48.4 Å². The fraction of sp³-hybridized carbons (Fsp3) is 0.333. The van der Waals surface area contributed by atoms with E-state index in [0.717, 1.165) is 24.1 Å². The lowest BCUT2D eigenvalue weighted by molar-refractivity contribution is -0.122. The third-order valence-electron chi connectivity index (χ3n) is 6.23. The minimum absolute atomic E-state index is 0.0562. The number of amides is 2. The number of hydrogen-bond acceptors (Lipinski definition) is 2. The summed E-state index contributed by atoms with van der Waals surface area (Å²) < 4.78 is 0. The molecule has 0 unspecified atom stereocenters. The molecule has 1 N–H and O–H groups in total. The first-order chi connectivity index (χ1) is 13.6. The van der Waals surface area contributed by atoms with E-state index in [1.807, 2.05) is 42.5 Å². The zero-order valence-electron chi connectivity index (χ0n) is 16.2. The van der Waals surface area contributed by atoms with Gasteiger partial charge in [0.1, 0.15) is 0 Å². The molecule has 3 aromatic rings. The van der Waals surface area contributed by atoms with Crippen molar-refractivity contribution in [3.8, 4) is 0 Å². The number of benzene rings is 2. The molecule has 2 heterocycles. The van der Waals surface area contributed by atoms with E-state index in [1.54, 1.807) is 0 Å². The first-order valence-corrected chi connectivity index (χ1v) is 10.1. The van der Waals surface area contributed by atoms with Gasteiger partial charge >= 0.3 is 0 Å². The zero-order chi connectivity index (χ0) is 19.4. The van der Waals surface area contributed by atoms with Crippen molar-refractivity contribution in [2.24, 2.45) is 11.8 Å². The first-order valence-electron chi connectivity index (χ1n) is 10.1. The van der Waals surface area contributed by atoms with Crippen LogP contribution in [0.5, 0.6) is 0 Å². The second-order valence-corrected chi connectivity index (χ2v) is 8.49. The highest BCUT2D eigenvalue weighted by atomic mass is 16.2. The Bertz CT molecular complexity index is 1070. The Labute approximate surface area is 164 Å². The lowest BCUT2D eigenvalue weighted by atomic mass is 9.71. The summed E-state index contributed by atoms with van der Waals surface area (Å²) >= 11 is 0. The van der Waals surface area contributed by atoms with E-state index in [9.17, 15) is 9.59 Å². The Hall–Kier alpha value is -2.88. The number of nitrogens with zero attached hydrogens (tertiary/aromatic N) is 1. The number of hydrogen-bond donors (Lipinski definition) is 1. The molecule has 1 aliphatic heterocycles. The second kappa shape index (κ2) is 6.33. The molecule has 28 heavy (non-hydrogen) atoms. The fourth-order valence-corrected chi connectivity index (χ4v) is 5.20. The van der Waals surface area contributed by atoms with E-state index in [-0.39, 0.29) is 17.7 Å². The van der Waals surface area contributed by atoms with Gasteiger partial charge in [0.15, 0.2) is 0 Å². The number of imide groups is 1. The van der Waals surface area contributed by atoms with Crippen LogP contribution in [0, 0.1) is 11.8 Å². The molecule has 1 aliphatic carbocycles. The van der Waals surface area contributed by atoms with Crippen molar-refractivity contribution in [3.63, 3.8) is 0 Å². The summed E-state index contributed by atoms with van der Waals surface area (Å²) in [6.45, 7) is 4.44. The lowest BCUT2D eigenvalue weighted by Gasteiger charge is -2.30. The zero-order valence-corrected chi connectivity index (χ0v) is 16.2. The normalized spacial score (nSPS) is 24.1. The van der Waals surface area contributed by atoms with Crippen molar-refractivity contribution in [2.75, 3.05) is 4.90 Å². The van der Waals surface area contributed by atoms with Crippen molar-refractivity contribution >= 4 is 28.4 Å². The van der Waals surface area contributed by atoms with Crippen molar-refractivity contribution in [1.82, 2.24) is 4.98 Å². The number of anilines is 1. The lowest BCUT2D eigenvalue weighted by Crippen LogP contribution is -2.30. The minimum atomic E-state index is -0.404. The van der Waals surface area contributed by atoms with Gasteiger partial charge in [0.05, 0.1) is 17.5 Å². The summed E-state index contributed by atoms with van der Waals surface area (Å²) in [5, 5.41) is 1.19. The molecule has 142 valence electrons. The number of carbonyl (C=O) groups is 2. The standard InChI is InChI=1S/C24H24N2O2/c1-14(2)12-15-13-18-21(22-20(15)17-10-6-7-11-19(17)25-22)24(28)26(23(18)27)16-8-4-3-5-9-16/h3-11,14-15,18,21,25H,12-13H2,1-2H3/t15-,18-,21-/m1/s1. The molecule has 4 heteroatoms. The van der Waals surface area contributed by atoms with Crippen LogP contribution in [0.4, 0.5) is 5.69 Å². The van der Waals surface area contributed by atoms with Gasteiger partial charge in [-0.1, -0.05) is 50.2 Å². The van der Waals surface area contributed by atoms with Crippen LogP contribution in [-0.4, -0.2) is 16.8 Å². The van der Waals surface area contributed by atoms with E-state index < -0.39 is 5.92 Å². The molecule has 2 amide bonds. The largest absolute Gasteiger partial charge is 0.357 e. The number of aromatic amines is 1. The Morgan fingerprint density at radius 3 is 2.46 bits per heavy atom. The summed E-state index contributed by atoms with van der Waals surface area (Å²) in [4.78, 5) is 31.6. The fourth-order valence-electron chi connectivity index (χ4n) is 5.20. The minimum Gasteiger partial charge on any atom is -0.357 e. The van der Waals surface area contributed by atoms with Crippen LogP contribution in [-0.2, 0) is 9.59 Å². The Morgan fingerprint density at radius 2 is 1.71 bits per heavy atom. The van der Waals surface area contributed by atoms with Crippen LogP contribution in [0.2, 0.25) is 0 Å². The molecule has 1 aromatic heterocycles. The maximum absolute atomic E-state index is 13.4. The number of fused-ring (bicyclic) bond motifs is 5. The molecule has 5 rings (SSSR count). The number of nitrogens with one attached hydrogen (secondary N) is 1. The van der Waals surface area contributed by atoms with Crippen molar-refractivity contribution in [2.45, 2.75) is 38.5 Å². The summed E-state index contributed by atoms with van der Waals surface area (Å²) in [5.41, 5.74) is 3.94. The molecule has 0 spiro atoms. The molecular weight excluding hydrogens is 348 g/mol. The van der Waals surface area contributed by atoms with Crippen LogP contribution in [0.25, 0.3) is 10.9 Å². The van der Waals surface area contributed by atoms with Gasteiger partial charge in [-0.15, -0.1) is 0 Å². The van der Waals surface area contributed by atoms with Crippen molar-refractivity contribution in [3.05, 3.63) is 65.9 Å². The topological polar surface area (TPSA) is 53.2 Å². The Morgan fingerprint density at radius 1 is 1.00 bits per heavy atom. The quantitative estimate of drug-likeness (QED) is 0.660. The summed E-state index contributed by atoms with van der Waals surface area (Å²) in [6.07, 6.45) is 1.76. The monoisotopic (exact) mass is 372 g/mol. The van der Waals surface area contributed by atoms with Crippen LogP contribution < -0.4 is 4.90 Å². The van der Waals surface area contributed by atoms with E-state index in [2.05, 4.69) is 31.0 Å². The van der Waals surface area contributed by atoms with E-state index >= 15 is 0 Å². The maximum Gasteiger partial charge on any atom is 0.243 e. The Kier molecular flexibility index (Phi) is 3.90. The van der Waals surface area contributed by atoms with E-state index in [4.69, 9.17) is 0 Å². The van der Waals surface area contributed by atoms with Gasteiger partial charge in [-0.3, -0.25) is 9.59 Å². The number of para-hydroxylation sites is 2. The molecule has 2 aromatic carbocycles. The van der Waals surface area contributed by atoms with Crippen LogP contribution in [0.3, 0.4) is 0 Å². The number of aromatic nitrogens is 1. The molecular formula is C24H24N2O2. The molecule has 3 atom stereocenters. The molecule has 1 saturated heterocycles. The van der Waals surface area contributed by atoms with Crippen LogP contribution in [0.1, 0.15) is 49.8 Å². The van der Waals surface area contributed by atoms with Gasteiger partial charge in [0, 0.05) is 16.6 Å². The van der Waals surface area contributed by atoms with Gasteiger partial charge in [-0.25, -0.2) is 4.90 Å². The van der Waals surface area contributed by atoms with Crippen molar-refractivity contribution in [1.29, 1.82) is 0 Å². The van der Waals surface area contributed by atoms with Gasteiger partial charge in [0.2, 0.25) is 11.8 Å². The highest BCUT2D eigenvalue weighted by molar-refractivity contribution is 6.24. The number of rotatable bonds is 3. The smallest absolute Gasteiger partial charge is 0.243 e. The second-order valence-electron chi connectivity index (χ2n) is 8.49. The summed E-state index contributed by atoms with van der Waals surface area (Å²) in [7, 11) is 0. The third kappa shape index (κ3) is 2.44. The summed E-state index contributed by atoms with van der Waals surface area (Å²) in [5.74, 6) is -0.0211. The highest BCUT2D eigenvalue weighted by Crippen LogP contribution is 2.52. The van der Waals surface area contributed by atoms with E-state index in [1.165, 1.54) is 15.8 Å². The average molecular weight is 372 g/mol. The summed E-state index contributed by atoms with van der Waals surface area (Å²) in [6, 6.07) is 17.6. The molecule has 2 aliphatic rings. The SMILES string of the molecule is CC(C)C[C@@H]1C[C@H]2C(=O)N(c3ccccc3)C(=O)[C@H]2c2[nH]c3ccccc3c21. The molecule has 0 bridgehead atoms. The molecule has 1 fully saturated rings. The Balaban J connectivity index is 1.67. The molecule has 4 nitrogen and oxygen atoms in total. The predicted molar refractivity (Wildman–Crippen MR) is 110 cm³/mol. The molecule has 0 radical (unpaired) electrons. The highest BCUT2D eigenvalue weighted by Gasteiger charge is 2.53. The first kappa shape index (κ1) is 17.2. The van der Waals surface area contributed by atoms with Gasteiger partial charge < -0.3 is 4.98 Å². The van der Waals surface area contributed by atoms with E-state index in [0.29, 0.717) is 17.5 Å². The average Bonchev–Trinajstić information content (AvgIpc) is 3.18. The third-order valence-corrected chi connectivity index (χ3v) is 6.23. The number of H-pyrrole nitrogens is 1. The van der Waals surface area contributed by atoms with Crippen LogP contribution in [0.15, 0.2) is 54.6 Å². The molecule has 0 saturated carbocycles. The predicted octanol–water partition coefficient (Wildman–Crippen LogP) is 4.97. The van der Waals surface area contributed by atoms with Gasteiger partial charge in [-0.2, -0.15) is 0 Å². The van der Waals surface area contributed by atoms with Gasteiger partial charge in [0.25, 0.3) is 0 Å². The van der Waals surface area contributed by atoms with Crippen LogP contribution >= 0.6 is 0 Å². The van der Waals surface area contributed by atoms with Crippen molar-refractivity contribution < 1.29 is 9.59 Å². The maximum atomic E-state index is 13.4. The number of carbonyl (C=O) groups excluding carboxylic acids is 2.